The smallest absolute Gasteiger partial charge is 0.414 e. The van der Waals surface area contributed by atoms with Crippen molar-refractivity contribution in [2.45, 2.75) is 32.2 Å². The van der Waals surface area contributed by atoms with E-state index in [9.17, 15) is 14.7 Å². The van der Waals surface area contributed by atoms with Gasteiger partial charge in [0.05, 0.1) is 7.11 Å². The van der Waals surface area contributed by atoms with Gasteiger partial charge < -0.3 is 35.4 Å². The average molecular weight is 614 g/mol. The number of nitrogens with zero attached hydrogens (tertiary/aromatic N) is 4. The van der Waals surface area contributed by atoms with Crippen molar-refractivity contribution in [2.75, 3.05) is 50.2 Å². The van der Waals surface area contributed by atoms with Gasteiger partial charge >= 0.3 is 12.1 Å². The molecule has 1 aromatic heterocycles. The maximum Gasteiger partial charge on any atom is 0.414 e. The topological polar surface area (TPSA) is 151 Å². The van der Waals surface area contributed by atoms with Gasteiger partial charge in [0.1, 0.15) is 17.5 Å². The lowest BCUT2D eigenvalue weighted by molar-refractivity contribution is -0.137. The number of aliphatic carboxylic acids is 1. The molecule has 0 aliphatic heterocycles. The van der Waals surface area contributed by atoms with E-state index in [1.54, 1.807) is 45.5 Å². The van der Waals surface area contributed by atoms with Gasteiger partial charge in [0.25, 0.3) is 0 Å². The van der Waals surface area contributed by atoms with Crippen LogP contribution in [-0.2, 0) is 24.1 Å². The van der Waals surface area contributed by atoms with Crippen molar-refractivity contribution in [1.82, 2.24) is 19.9 Å². The molecule has 1 heterocycles. The van der Waals surface area contributed by atoms with Gasteiger partial charge in [-0.1, -0.05) is 54.1 Å². The number of benzene rings is 3. The Balaban J connectivity index is 1.45. The minimum atomic E-state index is -1.07. The van der Waals surface area contributed by atoms with Crippen LogP contribution in [0.4, 0.5) is 22.6 Å². The number of hydrogen-bond donors (Lipinski definition) is 4. The zero-order chi connectivity index (χ0) is 32.2. The Morgan fingerprint density at radius 3 is 1.76 bits per heavy atom. The number of nitrogens with one attached hydrogen (secondary N) is 3. The normalized spacial score (nSPS) is 11.3. The summed E-state index contributed by atoms with van der Waals surface area (Å²) in [5.41, 5.74) is 4.21. The highest BCUT2D eigenvalue weighted by Gasteiger charge is 2.20. The quantitative estimate of drug-likeness (QED) is 0.148. The van der Waals surface area contributed by atoms with Gasteiger partial charge in [0.2, 0.25) is 17.8 Å². The Morgan fingerprint density at radius 1 is 0.756 bits per heavy atom. The van der Waals surface area contributed by atoms with Crippen molar-refractivity contribution >= 4 is 29.9 Å². The van der Waals surface area contributed by atoms with Gasteiger partial charge in [0, 0.05) is 33.6 Å². The number of aromatic nitrogens is 3. The summed E-state index contributed by atoms with van der Waals surface area (Å²) < 4.78 is 10.5. The van der Waals surface area contributed by atoms with E-state index in [1.807, 2.05) is 31.2 Å². The van der Waals surface area contributed by atoms with Crippen molar-refractivity contribution < 1.29 is 24.2 Å². The number of hydrogen-bond acceptors (Lipinski definition) is 10. The number of carbonyl (C=O) groups excluding carboxylic acids is 1. The number of anilines is 3. The first-order valence-electron chi connectivity index (χ1n) is 14.6. The van der Waals surface area contributed by atoms with E-state index in [4.69, 9.17) is 9.47 Å². The van der Waals surface area contributed by atoms with Crippen molar-refractivity contribution in [3.8, 4) is 11.5 Å². The Kier molecular flexibility index (Phi) is 11.5. The van der Waals surface area contributed by atoms with E-state index in [0.29, 0.717) is 37.2 Å². The summed E-state index contributed by atoms with van der Waals surface area (Å²) in [6.45, 7) is 3.17. The first-order valence-corrected chi connectivity index (χ1v) is 14.6. The minimum absolute atomic E-state index is 0.124. The molecule has 4 rings (SSSR count). The van der Waals surface area contributed by atoms with Crippen LogP contribution >= 0.6 is 0 Å². The number of amides is 1. The van der Waals surface area contributed by atoms with Crippen LogP contribution < -0.4 is 25.4 Å². The summed E-state index contributed by atoms with van der Waals surface area (Å²) in [6.07, 6.45) is 1.11. The molecule has 12 nitrogen and oxygen atoms in total. The Bertz CT molecular complexity index is 1550. The van der Waals surface area contributed by atoms with Crippen LogP contribution in [0.1, 0.15) is 22.3 Å². The molecule has 0 aliphatic carbocycles. The van der Waals surface area contributed by atoms with Crippen LogP contribution in [0.15, 0.2) is 72.8 Å². The molecule has 0 bridgehead atoms. The second kappa shape index (κ2) is 15.9. The van der Waals surface area contributed by atoms with E-state index < -0.39 is 18.1 Å². The standard InChI is InChI=1S/C33H39N7O5/c1-22-5-7-23(8-6-22)17-19-34-30-37-31(35-20-18-24-9-13-26(44-4)14-10-24)39-32(38-30)36-28(29(41)42)21-25-11-15-27(16-12-25)45-33(43)40(2)3/h5-16,28H,17-21H2,1-4H3,(H,41,42)(H3,34,35,36,37,38,39)/t28-/m0/s1. The summed E-state index contributed by atoms with van der Waals surface area (Å²) in [6, 6.07) is 21.8. The van der Waals surface area contributed by atoms with Crippen LogP contribution in [-0.4, -0.2) is 77.4 Å². The lowest BCUT2D eigenvalue weighted by atomic mass is 10.1. The van der Waals surface area contributed by atoms with Gasteiger partial charge in [-0.15, -0.1) is 0 Å². The molecule has 0 saturated carbocycles. The number of rotatable bonds is 15. The second-order valence-electron chi connectivity index (χ2n) is 10.6. The fraction of sp³-hybridized carbons (Fsp3) is 0.303. The number of carboxylic acid groups (broad SMARTS) is 1. The number of carboxylic acids is 1. The van der Waals surface area contributed by atoms with Crippen LogP contribution in [0, 0.1) is 6.92 Å². The van der Waals surface area contributed by atoms with Crippen LogP contribution in [0.25, 0.3) is 0 Å². The molecule has 45 heavy (non-hydrogen) atoms. The van der Waals surface area contributed by atoms with Crippen molar-refractivity contribution in [3.05, 3.63) is 95.1 Å². The predicted molar refractivity (Wildman–Crippen MR) is 173 cm³/mol. The van der Waals surface area contributed by atoms with Gasteiger partial charge in [-0.3, -0.25) is 0 Å². The van der Waals surface area contributed by atoms with Crippen LogP contribution in [0.5, 0.6) is 11.5 Å². The third-order valence-corrected chi connectivity index (χ3v) is 6.84. The molecule has 0 saturated heterocycles. The fourth-order valence-electron chi connectivity index (χ4n) is 4.26. The SMILES string of the molecule is COc1ccc(CCNc2nc(NCCc3ccc(C)cc3)nc(N[C@@H](Cc3ccc(OC(=O)N(C)C)cc3)C(=O)O)n2)cc1. The first kappa shape index (κ1) is 32.5. The zero-order valence-electron chi connectivity index (χ0n) is 25.9. The van der Waals surface area contributed by atoms with Gasteiger partial charge in [-0.2, -0.15) is 15.0 Å². The molecule has 4 aromatic rings. The number of carbonyl (C=O) groups is 2. The van der Waals surface area contributed by atoms with Gasteiger partial charge in [-0.25, -0.2) is 9.59 Å². The predicted octanol–water partition coefficient (Wildman–Crippen LogP) is 4.67. The zero-order valence-corrected chi connectivity index (χ0v) is 25.9. The fourth-order valence-corrected chi connectivity index (χ4v) is 4.26. The second-order valence-corrected chi connectivity index (χ2v) is 10.6. The van der Waals surface area contributed by atoms with E-state index in [2.05, 4.69) is 55.2 Å². The molecule has 0 fully saturated rings. The Labute approximate surface area is 262 Å². The third-order valence-electron chi connectivity index (χ3n) is 6.84. The maximum atomic E-state index is 12.2. The molecule has 4 N–H and O–H groups in total. The highest BCUT2D eigenvalue weighted by Crippen LogP contribution is 2.17. The van der Waals surface area contributed by atoms with E-state index >= 15 is 0 Å². The average Bonchev–Trinajstić information content (AvgIpc) is 3.03. The highest BCUT2D eigenvalue weighted by molar-refractivity contribution is 5.77. The number of methoxy groups -OCH3 is 1. The van der Waals surface area contributed by atoms with E-state index in [1.165, 1.54) is 16.0 Å². The molecule has 3 aromatic carbocycles. The lowest BCUT2D eigenvalue weighted by Crippen LogP contribution is -2.32. The van der Waals surface area contributed by atoms with Crippen LogP contribution in [0.2, 0.25) is 0 Å². The van der Waals surface area contributed by atoms with Crippen LogP contribution in [0.3, 0.4) is 0 Å². The van der Waals surface area contributed by atoms with Crippen molar-refractivity contribution in [1.29, 1.82) is 0 Å². The summed E-state index contributed by atoms with van der Waals surface area (Å²) >= 11 is 0. The minimum Gasteiger partial charge on any atom is -0.497 e. The summed E-state index contributed by atoms with van der Waals surface area (Å²) in [7, 11) is 4.81. The van der Waals surface area contributed by atoms with E-state index in [-0.39, 0.29) is 12.4 Å². The Hall–Kier alpha value is -5.39. The molecule has 1 amide bonds. The molecular formula is C33H39N7O5. The van der Waals surface area contributed by atoms with Gasteiger partial charge in [-0.05, 0) is 60.7 Å². The summed E-state index contributed by atoms with van der Waals surface area (Å²) in [4.78, 5) is 38.8. The van der Waals surface area contributed by atoms with Gasteiger partial charge in [0.15, 0.2) is 0 Å². The monoisotopic (exact) mass is 613 g/mol. The summed E-state index contributed by atoms with van der Waals surface area (Å²) in [5, 5.41) is 19.4. The molecule has 0 unspecified atom stereocenters. The first-order chi connectivity index (χ1) is 21.7. The molecule has 12 heteroatoms. The third kappa shape index (κ3) is 10.4. The molecule has 0 spiro atoms. The van der Waals surface area contributed by atoms with Crippen molar-refractivity contribution in [2.24, 2.45) is 0 Å². The Morgan fingerprint density at radius 2 is 1.24 bits per heavy atom. The molecule has 236 valence electrons. The largest absolute Gasteiger partial charge is 0.497 e. The summed E-state index contributed by atoms with van der Waals surface area (Å²) in [5.74, 6) is 0.845. The number of ether oxygens (including phenoxy) is 2. The maximum absolute atomic E-state index is 12.2. The molecular weight excluding hydrogens is 574 g/mol. The molecule has 0 aliphatic rings. The van der Waals surface area contributed by atoms with Crippen molar-refractivity contribution in [3.63, 3.8) is 0 Å². The highest BCUT2D eigenvalue weighted by atomic mass is 16.6. The molecule has 0 radical (unpaired) electrons. The number of aryl methyl sites for hydroxylation is 1. The van der Waals surface area contributed by atoms with E-state index in [0.717, 1.165) is 23.3 Å². The molecule has 1 atom stereocenters. The lowest BCUT2D eigenvalue weighted by Gasteiger charge is -2.17.